The van der Waals surface area contributed by atoms with Crippen molar-refractivity contribution in [1.82, 2.24) is 4.90 Å². The lowest BCUT2D eigenvalue weighted by Crippen LogP contribution is -2.30. The van der Waals surface area contributed by atoms with Gasteiger partial charge in [0.15, 0.2) is 0 Å². The number of rotatable bonds is 1. The summed E-state index contributed by atoms with van der Waals surface area (Å²) in [6.07, 6.45) is 2.24. The van der Waals surface area contributed by atoms with E-state index in [4.69, 9.17) is 0 Å². The van der Waals surface area contributed by atoms with Gasteiger partial charge in [-0.3, -0.25) is 9.69 Å². The van der Waals surface area contributed by atoms with Crippen molar-refractivity contribution in [2.75, 3.05) is 20.6 Å². The summed E-state index contributed by atoms with van der Waals surface area (Å²) in [6, 6.07) is 0.227. The Labute approximate surface area is 68.6 Å². The molecule has 3 heteroatoms. The van der Waals surface area contributed by atoms with Crippen LogP contribution in [0.15, 0.2) is 0 Å². The molecule has 1 atom stereocenters. The Morgan fingerprint density at radius 3 is 2.27 bits per heavy atom. The second-order valence-electron chi connectivity index (χ2n) is 2.75. The number of carbonyl (C=O) groups is 1. The van der Waals surface area contributed by atoms with Crippen molar-refractivity contribution in [3.8, 4) is 0 Å². The van der Waals surface area contributed by atoms with E-state index in [0.29, 0.717) is 5.78 Å². The molecule has 1 saturated heterocycles. The molecule has 0 radical (unpaired) electrons. The van der Waals surface area contributed by atoms with E-state index in [2.05, 4.69) is 10.6 Å². The Bertz CT molecular complexity index is 125. The maximum absolute atomic E-state index is 10.8. The smallest absolute Gasteiger partial charge is 0.146 e. The Balaban J connectivity index is 0.000000461. The maximum Gasteiger partial charge on any atom is 0.146 e. The molecule has 0 bridgehead atoms. The molecular formula is C8H18N2O. The van der Waals surface area contributed by atoms with Gasteiger partial charge in [-0.05, 0) is 40.4 Å². The minimum Gasteiger partial charge on any atom is -0.333 e. The van der Waals surface area contributed by atoms with Gasteiger partial charge in [0.25, 0.3) is 0 Å². The van der Waals surface area contributed by atoms with Crippen LogP contribution in [0.2, 0.25) is 0 Å². The van der Waals surface area contributed by atoms with E-state index >= 15 is 0 Å². The lowest BCUT2D eigenvalue weighted by molar-refractivity contribution is -0.120. The fourth-order valence-electron chi connectivity index (χ4n) is 1.42. The Morgan fingerprint density at radius 1 is 1.55 bits per heavy atom. The van der Waals surface area contributed by atoms with Crippen molar-refractivity contribution in [2.45, 2.75) is 25.8 Å². The zero-order valence-corrected chi connectivity index (χ0v) is 7.63. The van der Waals surface area contributed by atoms with Gasteiger partial charge >= 0.3 is 0 Å². The predicted molar refractivity (Wildman–Crippen MR) is 46.4 cm³/mol. The molecule has 0 aliphatic carbocycles. The van der Waals surface area contributed by atoms with Crippen LogP contribution >= 0.6 is 0 Å². The van der Waals surface area contributed by atoms with Gasteiger partial charge in [0.1, 0.15) is 5.78 Å². The highest BCUT2D eigenvalue weighted by Crippen LogP contribution is 2.14. The molecule has 1 aliphatic rings. The number of carbonyl (C=O) groups excluding carboxylic acids is 1. The second-order valence-corrected chi connectivity index (χ2v) is 2.75. The topological polar surface area (TPSA) is 46.3 Å². The average Bonchev–Trinajstić information content (AvgIpc) is 2.39. The van der Waals surface area contributed by atoms with Crippen LogP contribution in [0.3, 0.4) is 0 Å². The van der Waals surface area contributed by atoms with E-state index in [1.54, 1.807) is 6.92 Å². The molecule has 11 heavy (non-hydrogen) atoms. The first-order valence-corrected chi connectivity index (χ1v) is 4.00. The van der Waals surface area contributed by atoms with Crippen LogP contribution in [0.25, 0.3) is 0 Å². The van der Waals surface area contributed by atoms with Crippen LogP contribution in [0, 0.1) is 0 Å². The van der Waals surface area contributed by atoms with E-state index in [0.717, 1.165) is 13.0 Å². The van der Waals surface area contributed by atoms with E-state index in [1.807, 2.05) is 7.05 Å². The molecule has 1 unspecified atom stereocenters. The van der Waals surface area contributed by atoms with Crippen molar-refractivity contribution < 1.29 is 4.79 Å². The predicted octanol–water partition coefficient (Wildman–Crippen LogP) is 0.244. The van der Waals surface area contributed by atoms with Gasteiger partial charge in [-0.15, -0.1) is 0 Å². The molecule has 0 saturated carbocycles. The van der Waals surface area contributed by atoms with E-state index in [-0.39, 0.29) is 6.04 Å². The van der Waals surface area contributed by atoms with Crippen LogP contribution in [-0.4, -0.2) is 37.4 Å². The summed E-state index contributed by atoms with van der Waals surface area (Å²) in [5.74, 6) is 0.315. The molecule has 0 spiro atoms. The van der Waals surface area contributed by atoms with Crippen molar-refractivity contribution >= 4 is 5.78 Å². The van der Waals surface area contributed by atoms with Gasteiger partial charge in [-0.25, -0.2) is 0 Å². The summed E-state index contributed by atoms with van der Waals surface area (Å²) in [6.45, 7) is 2.76. The first-order chi connectivity index (χ1) is 5.22. The molecule has 0 aromatic heterocycles. The lowest BCUT2D eigenvalue weighted by atomic mass is 10.1. The first kappa shape index (κ1) is 10.6. The minimum absolute atomic E-state index is 0.227. The van der Waals surface area contributed by atoms with Gasteiger partial charge in [0.05, 0.1) is 6.04 Å². The number of nitrogens with two attached hydrogens (primary N) is 1. The quantitative estimate of drug-likeness (QED) is 0.595. The highest BCUT2D eigenvalue weighted by atomic mass is 16.1. The number of hydrogen-bond donors (Lipinski definition) is 1. The van der Waals surface area contributed by atoms with Crippen molar-refractivity contribution in [1.29, 1.82) is 0 Å². The molecule has 0 aromatic carbocycles. The van der Waals surface area contributed by atoms with Crippen LogP contribution in [-0.2, 0) is 4.79 Å². The zero-order valence-electron chi connectivity index (χ0n) is 7.63. The van der Waals surface area contributed by atoms with E-state index in [1.165, 1.54) is 13.5 Å². The molecule has 3 nitrogen and oxygen atoms in total. The van der Waals surface area contributed by atoms with Crippen LogP contribution < -0.4 is 5.73 Å². The third kappa shape index (κ3) is 2.99. The number of likely N-dealkylation sites (N-methyl/N-ethyl adjacent to an activating group) is 1. The van der Waals surface area contributed by atoms with Gasteiger partial charge in [0.2, 0.25) is 0 Å². The highest BCUT2D eigenvalue weighted by molar-refractivity contribution is 5.81. The fourth-order valence-corrected chi connectivity index (χ4v) is 1.42. The molecule has 1 heterocycles. The summed E-state index contributed by atoms with van der Waals surface area (Å²) in [4.78, 5) is 12.9. The van der Waals surface area contributed by atoms with Gasteiger partial charge < -0.3 is 5.73 Å². The SMILES string of the molecule is CC(=O)C1CCCN1C.CN. The van der Waals surface area contributed by atoms with Crippen molar-refractivity contribution in [3.63, 3.8) is 0 Å². The van der Waals surface area contributed by atoms with Gasteiger partial charge in [-0.1, -0.05) is 0 Å². The van der Waals surface area contributed by atoms with Gasteiger partial charge in [0, 0.05) is 0 Å². The molecule has 2 N–H and O–H groups in total. The Kier molecular flexibility index (Phi) is 5.07. The summed E-state index contributed by atoms with van der Waals surface area (Å²) >= 11 is 0. The summed E-state index contributed by atoms with van der Waals surface area (Å²) in [7, 11) is 3.51. The van der Waals surface area contributed by atoms with E-state index < -0.39 is 0 Å². The number of likely N-dealkylation sites (tertiary alicyclic amines) is 1. The third-order valence-electron chi connectivity index (χ3n) is 1.99. The molecular weight excluding hydrogens is 140 g/mol. The lowest BCUT2D eigenvalue weighted by Gasteiger charge is -2.14. The third-order valence-corrected chi connectivity index (χ3v) is 1.99. The zero-order chi connectivity index (χ0) is 8.85. The Hall–Kier alpha value is -0.410. The minimum atomic E-state index is 0.227. The van der Waals surface area contributed by atoms with Crippen LogP contribution in [0.5, 0.6) is 0 Å². The summed E-state index contributed by atoms with van der Waals surface area (Å²) < 4.78 is 0. The standard InChI is InChI=1S/C7H13NO.CH5N/c1-6(9)7-4-3-5-8(7)2;1-2/h7H,3-5H2,1-2H3;2H2,1H3. The van der Waals surface area contributed by atoms with Crippen molar-refractivity contribution in [2.24, 2.45) is 5.73 Å². The van der Waals surface area contributed by atoms with E-state index in [9.17, 15) is 4.79 Å². The highest BCUT2D eigenvalue weighted by Gasteiger charge is 2.23. The Morgan fingerprint density at radius 2 is 2.09 bits per heavy atom. The fraction of sp³-hybridized carbons (Fsp3) is 0.875. The maximum atomic E-state index is 10.8. The molecule has 0 aromatic rings. The molecule has 0 amide bonds. The second kappa shape index (κ2) is 5.27. The normalized spacial score (nSPS) is 24.2. The number of Topliss-reactive ketones (excluding diaryl/α,β-unsaturated/α-hetero) is 1. The molecule has 66 valence electrons. The summed E-state index contributed by atoms with van der Waals surface area (Å²) in [5, 5.41) is 0. The number of nitrogens with zero attached hydrogens (tertiary/aromatic N) is 1. The van der Waals surface area contributed by atoms with Gasteiger partial charge in [-0.2, -0.15) is 0 Å². The largest absolute Gasteiger partial charge is 0.333 e. The number of ketones is 1. The van der Waals surface area contributed by atoms with Crippen molar-refractivity contribution in [3.05, 3.63) is 0 Å². The van der Waals surface area contributed by atoms with Crippen LogP contribution in [0.1, 0.15) is 19.8 Å². The average molecular weight is 158 g/mol. The monoisotopic (exact) mass is 158 g/mol. The molecule has 1 aliphatic heterocycles. The van der Waals surface area contributed by atoms with Crippen LogP contribution in [0.4, 0.5) is 0 Å². The molecule has 1 rings (SSSR count). The summed E-state index contributed by atoms with van der Waals surface area (Å²) in [5.41, 5.74) is 4.50. The molecule has 1 fully saturated rings. The first-order valence-electron chi connectivity index (χ1n) is 4.00. The number of hydrogen-bond acceptors (Lipinski definition) is 3.